The standard InChI is InChI=1S/C34H45FN4O3/c1-34(2,3)31-6-4-5-7-32(31)42-24-30(40)23-36-19-16-25-10-14-28(15-11-25)38-29-17-20-39(21-18-29)33(41)37-22-26-8-12-27(35)13-9-26/h4-15,29-30,36,38,40H,16-24H2,1-3H3,(H,37,41)/t30-/m0/s1. The Labute approximate surface area is 249 Å². The van der Waals surface area contributed by atoms with Gasteiger partial charge in [-0.3, -0.25) is 0 Å². The molecule has 0 unspecified atom stereocenters. The molecule has 0 saturated carbocycles. The number of halogens is 1. The summed E-state index contributed by atoms with van der Waals surface area (Å²) in [6.07, 6.45) is 2.04. The van der Waals surface area contributed by atoms with E-state index in [1.54, 1.807) is 12.1 Å². The molecule has 42 heavy (non-hydrogen) atoms. The first-order valence-electron chi connectivity index (χ1n) is 14.9. The Kier molecular flexibility index (Phi) is 11.2. The van der Waals surface area contributed by atoms with Crippen molar-refractivity contribution in [1.29, 1.82) is 0 Å². The monoisotopic (exact) mass is 576 g/mol. The SMILES string of the molecule is CC(C)(C)c1ccccc1OC[C@@H](O)CNCCc1ccc(NC2CCN(C(=O)NCc3ccc(F)cc3)CC2)cc1. The van der Waals surface area contributed by atoms with Crippen molar-refractivity contribution in [3.63, 3.8) is 0 Å². The number of carbonyl (C=O) groups excluding carboxylic acids is 1. The first-order chi connectivity index (χ1) is 20.2. The van der Waals surface area contributed by atoms with E-state index >= 15 is 0 Å². The van der Waals surface area contributed by atoms with Crippen molar-refractivity contribution in [1.82, 2.24) is 15.5 Å². The molecule has 0 aliphatic carbocycles. The molecule has 4 rings (SSSR count). The molecule has 3 aromatic rings. The molecule has 1 saturated heterocycles. The smallest absolute Gasteiger partial charge is 0.317 e. The molecule has 226 valence electrons. The van der Waals surface area contributed by atoms with Crippen LogP contribution in [0, 0.1) is 5.82 Å². The third-order valence-corrected chi connectivity index (χ3v) is 7.56. The van der Waals surface area contributed by atoms with Crippen molar-refractivity contribution >= 4 is 11.7 Å². The molecule has 1 fully saturated rings. The average molecular weight is 577 g/mol. The Bertz CT molecular complexity index is 1250. The van der Waals surface area contributed by atoms with Gasteiger partial charge in [-0.05, 0) is 78.2 Å². The van der Waals surface area contributed by atoms with Gasteiger partial charge < -0.3 is 30.7 Å². The summed E-state index contributed by atoms with van der Waals surface area (Å²) in [7, 11) is 0. The Balaban J connectivity index is 1.10. The molecule has 0 bridgehead atoms. The van der Waals surface area contributed by atoms with Crippen LogP contribution in [0.1, 0.15) is 50.3 Å². The molecule has 0 spiro atoms. The lowest BCUT2D eigenvalue weighted by Crippen LogP contribution is -2.46. The highest BCUT2D eigenvalue weighted by molar-refractivity contribution is 5.74. The molecular weight excluding hydrogens is 531 g/mol. The van der Waals surface area contributed by atoms with Crippen molar-refractivity contribution in [2.45, 2.75) is 64.1 Å². The number of aliphatic hydroxyl groups is 1. The van der Waals surface area contributed by atoms with Gasteiger partial charge in [0.1, 0.15) is 24.3 Å². The number of anilines is 1. The summed E-state index contributed by atoms with van der Waals surface area (Å²) >= 11 is 0. The van der Waals surface area contributed by atoms with Gasteiger partial charge in [-0.15, -0.1) is 0 Å². The molecule has 1 aliphatic rings. The highest BCUT2D eigenvalue weighted by Crippen LogP contribution is 2.31. The lowest BCUT2D eigenvalue weighted by molar-refractivity contribution is 0.105. The summed E-state index contributed by atoms with van der Waals surface area (Å²) in [6, 6.07) is 22.9. The van der Waals surface area contributed by atoms with Crippen LogP contribution in [-0.2, 0) is 18.4 Å². The first-order valence-corrected chi connectivity index (χ1v) is 14.9. The number of hydrogen-bond acceptors (Lipinski definition) is 5. The minimum absolute atomic E-state index is 0.0193. The molecule has 8 heteroatoms. The second kappa shape index (κ2) is 15.0. The van der Waals surface area contributed by atoms with E-state index in [1.807, 2.05) is 23.1 Å². The lowest BCUT2D eigenvalue weighted by Gasteiger charge is -2.33. The minimum atomic E-state index is -0.586. The molecule has 0 aromatic heterocycles. The predicted molar refractivity (Wildman–Crippen MR) is 167 cm³/mol. The largest absolute Gasteiger partial charge is 0.491 e. The summed E-state index contributed by atoms with van der Waals surface area (Å²) in [5.41, 5.74) is 4.30. The number of rotatable bonds is 12. The maximum Gasteiger partial charge on any atom is 0.317 e. The van der Waals surface area contributed by atoms with E-state index in [2.05, 4.69) is 67.1 Å². The number of hydrogen-bond donors (Lipinski definition) is 4. The number of aliphatic hydroxyl groups excluding tert-OH is 1. The zero-order valence-corrected chi connectivity index (χ0v) is 25.0. The summed E-state index contributed by atoms with van der Waals surface area (Å²) in [6.45, 7) is 9.73. The van der Waals surface area contributed by atoms with E-state index in [0.29, 0.717) is 32.2 Å². The Morgan fingerprint density at radius 2 is 1.67 bits per heavy atom. The number of ether oxygens (including phenoxy) is 1. The van der Waals surface area contributed by atoms with Crippen molar-refractivity contribution in [2.75, 3.05) is 38.1 Å². The fourth-order valence-corrected chi connectivity index (χ4v) is 5.08. The van der Waals surface area contributed by atoms with Crippen molar-refractivity contribution in [2.24, 2.45) is 0 Å². The van der Waals surface area contributed by atoms with Crippen LogP contribution >= 0.6 is 0 Å². The molecule has 4 N–H and O–H groups in total. The van der Waals surface area contributed by atoms with Gasteiger partial charge in [0.15, 0.2) is 0 Å². The second-order valence-corrected chi connectivity index (χ2v) is 12.1. The third kappa shape index (κ3) is 9.74. The Morgan fingerprint density at radius 1 is 1.00 bits per heavy atom. The van der Waals surface area contributed by atoms with Crippen molar-refractivity contribution in [3.05, 3.63) is 95.3 Å². The Hall–Kier alpha value is -3.62. The van der Waals surface area contributed by atoms with Gasteiger partial charge >= 0.3 is 6.03 Å². The predicted octanol–water partition coefficient (Wildman–Crippen LogP) is 5.48. The van der Waals surface area contributed by atoms with Crippen LogP contribution in [0.4, 0.5) is 14.9 Å². The Morgan fingerprint density at radius 3 is 2.36 bits per heavy atom. The molecule has 2 amide bonds. The van der Waals surface area contributed by atoms with Gasteiger partial charge in [0.25, 0.3) is 0 Å². The summed E-state index contributed by atoms with van der Waals surface area (Å²) < 4.78 is 19.0. The first kappa shape index (κ1) is 31.3. The average Bonchev–Trinajstić information content (AvgIpc) is 2.98. The highest BCUT2D eigenvalue weighted by Gasteiger charge is 2.23. The minimum Gasteiger partial charge on any atom is -0.491 e. The van der Waals surface area contributed by atoms with Crippen molar-refractivity contribution in [3.8, 4) is 5.75 Å². The normalized spacial score (nSPS) is 14.8. The molecule has 3 aromatic carbocycles. The zero-order chi connectivity index (χ0) is 30.0. The van der Waals surface area contributed by atoms with E-state index in [1.165, 1.54) is 17.7 Å². The number of nitrogens with zero attached hydrogens (tertiary/aromatic N) is 1. The van der Waals surface area contributed by atoms with Crippen LogP contribution in [0.2, 0.25) is 0 Å². The summed E-state index contributed by atoms with van der Waals surface area (Å²) in [5, 5.41) is 20.2. The molecule has 1 heterocycles. The van der Waals surface area contributed by atoms with E-state index in [0.717, 1.165) is 48.4 Å². The second-order valence-electron chi connectivity index (χ2n) is 12.1. The van der Waals surface area contributed by atoms with E-state index in [4.69, 9.17) is 4.74 Å². The van der Waals surface area contributed by atoms with Crippen LogP contribution in [0.15, 0.2) is 72.8 Å². The zero-order valence-electron chi connectivity index (χ0n) is 25.0. The number of benzene rings is 3. The van der Waals surface area contributed by atoms with E-state index in [-0.39, 0.29) is 23.9 Å². The van der Waals surface area contributed by atoms with Gasteiger partial charge in [0, 0.05) is 37.9 Å². The lowest BCUT2D eigenvalue weighted by atomic mass is 9.86. The fraction of sp³-hybridized carbons (Fsp3) is 0.441. The molecule has 1 aliphatic heterocycles. The van der Waals surface area contributed by atoms with Gasteiger partial charge in [0.2, 0.25) is 0 Å². The number of likely N-dealkylation sites (tertiary alicyclic amines) is 1. The van der Waals surface area contributed by atoms with Crippen LogP contribution in [0.25, 0.3) is 0 Å². The van der Waals surface area contributed by atoms with Crippen LogP contribution in [-0.4, -0.2) is 61.0 Å². The number of para-hydroxylation sites is 1. The third-order valence-electron chi connectivity index (χ3n) is 7.56. The van der Waals surface area contributed by atoms with E-state index in [9.17, 15) is 14.3 Å². The van der Waals surface area contributed by atoms with E-state index < -0.39 is 6.10 Å². The molecular formula is C34H45FN4O3. The quantitative estimate of drug-likeness (QED) is 0.215. The van der Waals surface area contributed by atoms with Gasteiger partial charge in [-0.2, -0.15) is 0 Å². The van der Waals surface area contributed by atoms with Gasteiger partial charge in [-0.1, -0.05) is 63.2 Å². The molecule has 7 nitrogen and oxygen atoms in total. The topological polar surface area (TPSA) is 85.9 Å². The van der Waals surface area contributed by atoms with Crippen LogP contribution in [0.3, 0.4) is 0 Å². The van der Waals surface area contributed by atoms with Gasteiger partial charge in [0.05, 0.1) is 0 Å². The van der Waals surface area contributed by atoms with Gasteiger partial charge in [-0.25, -0.2) is 9.18 Å². The van der Waals surface area contributed by atoms with Crippen LogP contribution in [0.5, 0.6) is 5.75 Å². The summed E-state index contributed by atoms with van der Waals surface area (Å²) in [4.78, 5) is 14.4. The number of carbonyl (C=O) groups is 1. The number of nitrogens with one attached hydrogen (secondary N) is 3. The fourth-order valence-electron chi connectivity index (χ4n) is 5.08. The van der Waals surface area contributed by atoms with Crippen molar-refractivity contribution < 1.29 is 19.0 Å². The number of amides is 2. The number of urea groups is 1. The molecule has 0 radical (unpaired) electrons. The molecule has 1 atom stereocenters. The maximum atomic E-state index is 13.1. The number of piperidine rings is 1. The van der Waals surface area contributed by atoms with Crippen LogP contribution < -0.4 is 20.7 Å². The highest BCUT2D eigenvalue weighted by atomic mass is 19.1. The maximum absolute atomic E-state index is 13.1. The summed E-state index contributed by atoms with van der Waals surface area (Å²) in [5.74, 6) is 0.547.